The van der Waals surface area contributed by atoms with Gasteiger partial charge in [0.25, 0.3) is 0 Å². The number of aromatic nitrogens is 2. The van der Waals surface area contributed by atoms with Gasteiger partial charge in [0.15, 0.2) is 5.60 Å². The Morgan fingerprint density at radius 1 is 1.33 bits per heavy atom. The minimum Gasteiger partial charge on any atom is -0.505 e. The molecule has 1 aliphatic carbocycles. The minimum atomic E-state index is -1.72. The number of rotatable bonds is 5. The number of carbonyl (C=O) groups is 1. The normalized spacial score (nSPS) is 21.6. The van der Waals surface area contributed by atoms with Crippen LogP contribution in [-0.4, -0.2) is 51.5 Å². The third kappa shape index (κ3) is 3.48. The van der Waals surface area contributed by atoms with Crippen molar-refractivity contribution in [3.8, 4) is 0 Å². The second kappa shape index (κ2) is 7.86. The van der Waals surface area contributed by atoms with Crippen LogP contribution in [0.2, 0.25) is 19.1 Å². The van der Waals surface area contributed by atoms with Crippen LogP contribution in [0.25, 0.3) is 11.8 Å². The number of nitrogens with zero attached hydrogens (tertiary/aromatic N) is 2. The maximum absolute atomic E-state index is 12.3. The summed E-state index contributed by atoms with van der Waals surface area (Å²) in [7, 11) is -1.42. The number of esters is 1. The molecule has 0 amide bonds. The lowest BCUT2D eigenvalue weighted by molar-refractivity contribution is -0.163. The van der Waals surface area contributed by atoms with Gasteiger partial charge >= 0.3 is 5.97 Å². The lowest BCUT2D eigenvalue weighted by Gasteiger charge is -2.35. The van der Waals surface area contributed by atoms with E-state index in [9.17, 15) is 15.0 Å². The van der Waals surface area contributed by atoms with E-state index in [4.69, 9.17) is 21.3 Å². The molecule has 0 saturated heterocycles. The van der Waals surface area contributed by atoms with Crippen molar-refractivity contribution in [2.75, 3.05) is 12.1 Å². The summed E-state index contributed by atoms with van der Waals surface area (Å²) in [5.41, 5.74) is 5.21. The van der Waals surface area contributed by atoms with Gasteiger partial charge in [0.05, 0.1) is 20.3 Å². The smallest absolute Gasteiger partial charge is 0.342 e. The first kappa shape index (κ1) is 22.4. The summed E-state index contributed by atoms with van der Waals surface area (Å²) in [6.45, 7) is 6.96. The number of benzene rings is 1. The number of hydrogen-bond acceptors (Lipinski definition) is 5. The van der Waals surface area contributed by atoms with Crippen molar-refractivity contribution in [2.45, 2.75) is 57.5 Å². The molecule has 174 valence electrons. The van der Waals surface area contributed by atoms with Gasteiger partial charge in [-0.1, -0.05) is 44.3 Å². The van der Waals surface area contributed by atoms with Crippen LogP contribution in [-0.2, 0) is 28.9 Å². The number of fused-ring (bicyclic) bond motifs is 4. The minimum absolute atomic E-state index is 0.0358. The molecule has 5 rings (SSSR count). The standard InChI is InChI=1S/C25H29ClN2O4Si/c1-4-25(31)19-11-20-22(23(29)18(19)13-32-24(25)30)28-12-17-15(8-9-33(2,3)14-26)6-5-7-16(17)10-21(28)27-20/h5-7,10,29,31H,4,8-9,11-14H2,1-3H3/t25-/m0/s1. The second-order valence-electron chi connectivity index (χ2n) is 10.1. The van der Waals surface area contributed by atoms with E-state index >= 15 is 0 Å². The lowest BCUT2D eigenvalue weighted by atomic mass is 9.80. The molecule has 1 aromatic heterocycles. The zero-order chi connectivity index (χ0) is 23.5. The molecule has 1 aromatic carbocycles. The van der Waals surface area contributed by atoms with Crippen LogP contribution >= 0.6 is 11.6 Å². The summed E-state index contributed by atoms with van der Waals surface area (Å²) in [6.07, 6.45) is 3.55. The molecule has 0 radical (unpaired) electrons. The molecule has 0 spiro atoms. The maximum atomic E-state index is 12.3. The van der Waals surface area contributed by atoms with E-state index in [1.807, 2.05) is 4.57 Å². The van der Waals surface area contributed by atoms with Crippen LogP contribution in [0.4, 0.5) is 0 Å². The summed E-state index contributed by atoms with van der Waals surface area (Å²) in [4.78, 5) is 17.1. The van der Waals surface area contributed by atoms with Gasteiger partial charge in [-0.25, -0.2) is 9.78 Å². The van der Waals surface area contributed by atoms with Gasteiger partial charge in [0.2, 0.25) is 0 Å². The summed E-state index contributed by atoms with van der Waals surface area (Å²) >= 11 is 6.21. The van der Waals surface area contributed by atoms with Gasteiger partial charge in [-0.05, 0) is 41.2 Å². The Balaban J connectivity index is 1.60. The number of aliphatic hydroxyl groups is 2. The van der Waals surface area contributed by atoms with Crippen LogP contribution in [0, 0.1) is 0 Å². The first-order valence-corrected chi connectivity index (χ1v) is 15.4. The van der Waals surface area contributed by atoms with Crippen molar-refractivity contribution in [2.24, 2.45) is 0 Å². The third-order valence-electron chi connectivity index (χ3n) is 7.33. The SMILES string of the molecule is CC[C@@]1(O)C(=O)OCC2=C1Cc1nc3n(c1=C2O)Cc1c(cccc1CC[Si](C)(C)CCl)C=3. The van der Waals surface area contributed by atoms with E-state index in [1.54, 1.807) is 6.92 Å². The molecular weight excluding hydrogens is 456 g/mol. The van der Waals surface area contributed by atoms with Crippen LogP contribution < -0.4 is 10.8 Å². The van der Waals surface area contributed by atoms with Crippen molar-refractivity contribution < 1.29 is 19.7 Å². The van der Waals surface area contributed by atoms with E-state index in [0.717, 1.165) is 29.0 Å². The lowest BCUT2D eigenvalue weighted by Crippen LogP contribution is -2.49. The van der Waals surface area contributed by atoms with Gasteiger partial charge < -0.3 is 19.5 Å². The number of aliphatic hydroxyl groups excluding tert-OH is 1. The number of carbonyl (C=O) groups excluding carboxylic acids is 1. The predicted octanol–water partition coefficient (Wildman–Crippen LogP) is 2.32. The topological polar surface area (TPSA) is 84.6 Å². The molecule has 0 fully saturated rings. The zero-order valence-electron chi connectivity index (χ0n) is 19.2. The average Bonchev–Trinajstić information content (AvgIpc) is 3.16. The molecule has 3 heterocycles. The predicted molar refractivity (Wildman–Crippen MR) is 130 cm³/mol. The molecule has 0 bridgehead atoms. The first-order chi connectivity index (χ1) is 15.7. The van der Waals surface area contributed by atoms with Crippen molar-refractivity contribution >= 4 is 37.5 Å². The highest BCUT2D eigenvalue weighted by Gasteiger charge is 2.47. The molecule has 3 aliphatic rings. The first-order valence-electron chi connectivity index (χ1n) is 11.5. The van der Waals surface area contributed by atoms with E-state index in [0.29, 0.717) is 35.2 Å². The zero-order valence-corrected chi connectivity index (χ0v) is 21.0. The van der Waals surface area contributed by atoms with E-state index in [2.05, 4.69) is 37.4 Å². The molecule has 6 nitrogen and oxygen atoms in total. The third-order valence-corrected chi connectivity index (χ3v) is 11.8. The van der Waals surface area contributed by atoms with E-state index < -0.39 is 19.6 Å². The highest BCUT2D eigenvalue weighted by Crippen LogP contribution is 2.36. The highest BCUT2D eigenvalue weighted by molar-refractivity contribution is 6.83. The number of halogens is 1. The van der Waals surface area contributed by atoms with Gasteiger partial charge in [0.1, 0.15) is 23.2 Å². The maximum Gasteiger partial charge on any atom is 0.342 e. The van der Waals surface area contributed by atoms with Crippen LogP contribution in [0.5, 0.6) is 0 Å². The number of aryl methyl sites for hydroxylation is 1. The molecular formula is C25H29ClN2O4Si. The van der Waals surface area contributed by atoms with Gasteiger partial charge in [-0.3, -0.25) is 0 Å². The van der Waals surface area contributed by atoms with E-state index in [1.165, 1.54) is 11.1 Å². The molecule has 0 unspecified atom stereocenters. The molecule has 8 heteroatoms. The van der Waals surface area contributed by atoms with E-state index in [-0.39, 0.29) is 18.8 Å². The number of alkyl halides is 1. The fraction of sp³-hybridized carbons (Fsp3) is 0.440. The number of ether oxygens (including phenoxy) is 1. The fourth-order valence-corrected chi connectivity index (χ4v) is 6.56. The van der Waals surface area contributed by atoms with Gasteiger partial charge in [-0.15, -0.1) is 11.6 Å². The fourth-order valence-electron chi connectivity index (χ4n) is 5.08. The van der Waals surface area contributed by atoms with Crippen LogP contribution in [0.3, 0.4) is 0 Å². The van der Waals surface area contributed by atoms with Crippen molar-refractivity contribution in [1.29, 1.82) is 0 Å². The summed E-state index contributed by atoms with van der Waals surface area (Å²) in [5, 5.41) is 22.9. The van der Waals surface area contributed by atoms with Gasteiger partial charge in [-0.2, -0.15) is 0 Å². The second-order valence-corrected chi connectivity index (χ2v) is 15.9. The Labute approximate surface area is 198 Å². The Morgan fingerprint density at radius 2 is 2.12 bits per heavy atom. The Hall–Kier alpha value is -2.35. The highest BCUT2D eigenvalue weighted by atomic mass is 35.5. The average molecular weight is 485 g/mol. The number of imidazole rings is 1. The Morgan fingerprint density at radius 3 is 2.85 bits per heavy atom. The molecule has 0 saturated carbocycles. The number of hydrogen-bond donors (Lipinski definition) is 2. The number of cyclic esters (lactones) is 1. The largest absolute Gasteiger partial charge is 0.505 e. The molecule has 2 aliphatic heterocycles. The quantitative estimate of drug-likeness (QED) is 0.330. The van der Waals surface area contributed by atoms with Crippen molar-refractivity contribution in [1.82, 2.24) is 9.55 Å². The summed E-state index contributed by atoms with van der Waals surface area (Å²) < 4.78 is 7.29. The van der Waals surface area contributed by atoms with Crippen LogP contribution in [0.1, 0.15) is 35.7 Å². The Bertz CT molecular complexity index is 1330. The Kier molecular flexibility index (Phi) is 5.34. The van der Waals surface area contributed by atoms with Crippen molar-refractivity contribution in [3.63, 3.8) is 0 Å². The summed E-state index contributed by atoms with van der Waals surface area (Å²) in [6, 6.07) is 7.50. The molecule has 2 N–H and O–H groups in total. The van der Waals surface area contributed by atoms with Crippen LogP contribution in [0.15, 0.2) is 29.3 Å². The van der Waals surface area contributed by atoms with Crippen molar-refractivity contribution in [3.05, 3.63) is 62.6 Å². The molecule has 1 atom stereocenters. The molecule has 33 heavy (non-hydrogen) atoms. The van der Waals surface area contributed by atoms with Gasteiger partial charge in [0, 0.05) is 17.5 Å². The monoisotopic (exact) mass is 484 g/mol. The molecule has 2 aromatic rings. The summed E-state index contributed by atoms with van der Waals surface area (Å²) in [5.74, 6) is -0.606.